The molecule has 156 valence electrons. The molecule has 0 aliphatic carbocycles. The van der Waals surface area contributed by atoms with Gasteiger partial charge in [0, 0.05) is 30.4 Å². The average molecular weight is 436 g/mol. The molecule has 0 spiro atoms. The zero-order chi connectivity index (χ0) is 22.0. The van der Waals surface area contributed by atoms with Crippen LogP contribution in [0.5, 0.6) is 0 Å². The van der Waals surface area contributed by atoms with Crippen LogP contribution in [0.15, 0.2) is 67.0 Å². The summed E-state index contributed by atoms with van der Waals surface area (Å²) in [7, 11) is 0. The van der Waals surface area contributed by atoms with Crippen LogP contribution in [-0.2, 0) is 17.8 Å². The summed E-state index contributed by atoms with van der Waals surface area (Å²) in [5.41, 5.74) is 2.37. The van der Waals surface area contributed by atoms with E-state index in [1.165, 1.54) is 17.0 Å². The maximum atomic E-state index is 13.5. The number of amides is 2. The van der Waals surface area contributed by atoms with Crippen LogP contribution in [0.3, 0.4) is 0 Å². The van der Waals surface area contributed by atoms with E-state index >= 15 is 0 Å². The van der Waals surface area contributed by atoms with E-state index in [9.17, 15) is 14.4 Å². The van der Waals surface area contributed by atoms with E-state index in [2.05, 4.69) is 10.3 Å². The monoisotopic (exact) mass is 435 g/mol. The zero-order valence-corrected chi connectivity index (χ0v) is 17.0. The highest BCUT2D eigenvalue weighted by Gasteiger charge is 2.35. The van der Waals surface area contributed by atoms with Crippen molar-refractivity contribution in [2.24, 2.45) is 0 Å². The van der Waals surface area contributed by atoms with Gasteiger partial charge in [0.1, 0.15) is 6.04 Å². The molecule has 0 saturated heterocycles. The number of carbonyl (C=O) groups excluding carboxylic acids is 2. The molecule has 0 unspecified atom stereocenters. The number of nitrogens with one attached hydrogen (secondary N) is 1. The lowest BCUT2D eigenvalue weighted by atomic mass is 10.0. The van der Waals surface area contributed by atoms with Gasteiger partial charge in [-0.2, -0.15) is 0 Å². The van der Waals surface area contributed by atoms with Crippen molar-refractivity contribution >= 4 is 35.1 Å². The summed E-state index contributed by atoms with van der Waals surface area (Å²) < 4.78 is 0. The fourth-order valence-corrected chi connectivity index (χ4v) is 3.71. The number of benzene rings is 2. The molecule has 2 N–H and O–H groups in total. The second kappa shape index (κ2) is 8.57. The van der Waals surface area contributed by atoms with Gasteiger partial charge in [-0.1, -0.05) is 29.8 Å². The van der Waals surface area contributed by atoms with E-state index in [0.29, 0.717) is 21.8 Å². The molecule has 8 heteroatoms. The minimum Gasteiger partial charge on any atom is -0.478 e. The van der Waals surface area contributed by atoms with Crippen LogP contribution in [0, 0.1) is 0 Å². The third-order valence-electron chi connectivity index (χ3n) is 5.12. The molecule has 0 bridgehead atoms. The van der Waals surface area contributed by atoms with Crippen molar-refractivity contribution in [1.82, 2.24) is 9.88 Å². The van der Waals surface area contributed by atoms with Crippen LogP contribution in [0.4, 0.5) is 5.69 Å². The second-order valence-corrected chi connectivity index (χ2v) is 7.63. The predicted octanol–water partition coefficient (Wildman–Crippen LogP) is 3.64. The van der Waals surface area contributed by atoms with E-state index in [1.807, 2.05) is 6.07 Å². The molecule has 0 fully saturated rings. The highest BCUT2D eigenvalue weighted by Crippen LogP contribution is 2.28. The first kappa shape index (κ1) is 20.6. The van der Waals surface area contributed by atoms with Crippen LogP contribution in [0.2, 0.25) is 5.02 Å². The molecule has 31 heavy (non-hydrogen) atoms. The molecule has 7 nitrogen and oxygen atoms in total. The molecule has 1 aliphatic rings. The Labute approximate surface area is 183 Å². The first-order valence-corrected chi connectivity index (χ1v) is 9.92. The number of nitrogens with zero attached hydrogens (tertiary/aromatic N) is 2. The van der Waals surface area contributed by atoms with Crippen LogP contribution in [-0.4, -0.2) is 38.8 Å². The normalized spacial score (nSPS) is 15.8. The van der Waals surface area contributed by atoms with Gasteiger partial charge in [0.2, 0.25) is 5.91 Å². The Morgan fingerprint density at radius 1 is 1.10 bits per heavy atom. The second-order valence-electron chi connectivity index (χ2n) is 7.20. The number of carboxylic acids is 1. The molecule has 4 rings (SSSR count). The largest absolute Gasteiger partial charge is 0.478 e. The maximum Gasteiger partial charge on any atom is 0.335 e. The summed E-state index contributed by atoms with van der Waals surface area (Å²) in [5, 5.41) is 12.3. The average Bonchev–Trinajstić information content (AvgIpc) is 2.85. The lowest BCUT2D eigenvalue weighted by Gasteiger charge is -2.29. The maximum absolute atomic E-state index is 13.5. The lowest BCUT2D eigenvalue weighted by molar-refractivity contribution is -0.120. The van der Waals surface area contributed by atoms with Gasteiger partial charge in [-0.25, -0.2) is 4.79 Å². The highest BCUT2D eigenvalue weighted by atomic mass is 35.5. The summed E-state index contributed by atoms with van der Waals surface area (Å²) in [6, 6.07) is 13.8. The molecule has 0 radical (unpaired) electrons. The van der Waals surface area contributed by atoms with Gasteiger partial charge in [-0.05, 0) is 47.5 Å². The molecule has 1 atom stereocenters. The molecule has 0 saturated carbocycles. The van der Waals surface area contributed by atoms with Crippen molar-refractivity contribution in [3.05, 3.63) is 94.3 Å². The van der Waals surface area contributed by atoms with E-state index < -0.39 is 12.0 Å². The summed E-state index contributed by atoms with van der Waals surface area (Å²) in [6.07, 6.45) is 3.58. The van der Waals surface area contributed by atoms with Crippen molar-refractivity contribution in [2.45, 2.75) is 19.0 Å². The number of carbonyl (C=O) groups is 3. The van der Waals surface area contributed by atoms with Gasteiger partial charge in [-0.3, -0.25) is 14.6 Å². The number of carboxylic acid groups (broad SMARTS) is 1. The molecule has 3 aromatic rings. The molecular formula is C23H18ClN3O4. The third-order valence-corrected chi connectivity index (χ3v) is 5.35. The van der Waals surface area contributed by atoms with Gasteiger partial charge in [0.25, 0.3) is 5.91 Å². The minimum atomic E-state index is -1.03. The van der Waals surface area contributed by atoms with Crippen molar-refractivity contribution in [1.29, 1.82) is 0 Å². The lowest BCUT2D eigenvalue weighted by Crippen LogP contribution is -2.46. The van der Waals surface area contributed by atoms with Crippen LogP contribution in [0.25, 0.3) is 0 Å². The van der Waals surface area contributed by atoms with Gasteiger partial charge in [-0.15, -0.1) is 0 Å². The molecule has 2 heterocycles. The Hall–Kier alpha value is -3.71. The van der Waals surface area contributed by atoms with Gasteiger partial charge < -0.3 is 15.3 Å². The Balaban J connectivity index is 1.73. The summed E-state index contributed by atoms with van der Waals surface area (Å²) in [5.74, 6) is -1.68. The van der Waals surface area contributed by atoms with E-state index in [-0.39, 0.29) is 30.3 Å². The molecule has 1 aliphatic heterocycles. The van der Waals surface area contributed by atoms with Crippen LogP contribution in [0.1, 0.15) is 31.8 Å². The van der Waals surface area contributed by atoms with Gasteiger partial charge in [0.05, 0.1) is 16.8 Å². The number of aromatic nitrogens is 1. The van der Waals surface area contributed by atoms with Crippen molar-refractivity contribution in [3.8, 4) is 0 Å². The smallest absolute Gasteiger partial charge is 0.335 e. The number of fused-ring (bicyclic) bond motifs is 1. The number of halogens is 1. The Bertz CT molecular complexity index is 1150. The van der Waals surface area contributed by atoms with Crippen molar-refractivity contribution in [2.75, 3.05) is 5.32 Å². The number of aromatic carboxylic acids is 1. The SMILES string of the molecule is O=C(O)c1ccc(CN2C(=O)c3ccc(Cl)cc3NC(=O)[C@H]2Cc2cccnc2)cc1. The third kappa shape index (κ3) is 4.41. The van der Waals surface area contributed by atoms with E-state index in [0.717, 1.165) is 5.56 Å². The molecular weight excluding hydrogens is 418 g/mol. The van der Waals surface area contributed by atoms with Crippen LogP contribution >= 0.6 is 11.6 Å². The fourth-order valence-electron chi connectivity index (χ4n) is 3.54. The quantitative estimate of drug-likeness (QED) is 0.637. The Kier molecular flexibility index (Phi) is 5.68. The minimum absolute atomic E-state index is 0.138. The van der Waals surface area contributed by atoms with Gasteiger partial charge >= 0.3 is 5.97 Å². The Morgan fingerprint density at radius 2 is 1.87 bits per heavy atom. The predicted molar refractivity (Wildman–Crippen MR) is 115 cm³/mol. The van der Waals surface area contributed by atoms with Crippen molar-refractivity contribution < 1.29 is 19.5 Å². The molecule has 2 amide bonds. The first-order chi connectivity index (χ1) is 14.9. The number of hydrogen-bond donors (Lipinski definition) is 2. The summed E-state index contributed by atoms with van der Waals surface area (Å²) >= 11 is 6.07. The number of pyridine rings is 1. The molecule has 2 aromatic carbocycles. The highest BCUT2D eigenvalue weighted by molar-refractivity contribution is 6.31. The topological polar surface area (TPSA) is 99.6 Å². The number of rotatable bonds is 5. The zero-order valence-electron chi connectivity index (χ0n) is 16.3. The first-order valence-electron chi connectivity index (χ1n) is 9.55. The van der Waals surface area contributed by atoms with E-state index in [1.54, 1.807) is 48.8 Å². The number of anilines is 1. The summed E-state index contributed by atoms with van der Waals surface area (Å²) in [4.78, 5) is 43.3. The summed E-state index contributed by atoms with van der Waals surface area (Å²) in [6.45, 7) is 0.138. The Morgan fingerprint density at radius 3 is 2.55 bits per heavy atom. The van der Waals surface area contributed by atoms with E-state index in [4.69, 9.17) is 16.7 Å². The van der Waals surface area contributed by atoms with Gasteiger partial charge in [0.15, 0.2) is 0 Å². The standard InChI is InChI=1S/C23H18ClN3O4/c24-17-7-8-18-19(11-17)26-21(28)20(10-15-2-1-9-25-12-15)27(22(18)29)13-14-3-5-16(6-4-14)23(30)31/h1-9,11-12,20H,10,13H2,(H,26,28)(H,30,31)/t20-/m1/s1. The number of hydrogen-bond acceptors (Lipinski definition) is 4. The van der Waals surface area contributed by atoms with Crippen molar-refractivity contribution in [3.63, 3.8) is 0 Å². The van der Waals surface area contributed by atoms with Crippen LogP contribution < -0.4 is 5.32 Å². The molecule has 1 aromatic heterocycles. The fraction of sp³-hybridized carbons (Fsp3) is 0.130.